The highest BCUT2D eigenvalue weighted by Gasteiger charge is 2.25. The summed E-state index contributed by atoms with van der Waals surface area (Å²) in [5.74, 6) is 1.36. The molecule has 1 saturated carbocycles. The minimum Gasteiger partial charge on any atom is -0.391 e. The van der Waals surface area contributed by atoms with Gasteiger partial charge in [-0.1, -0.05) is 47.0 Å². The predicted molar refractivity (Wildman–Crippen MR) is 136 cm³/mol. The number of hydrogen-bond donors (Lipinski definition) is 3. The van der Waals surface area contributed by atoms with Crippen LogP contribution in [0.25, 0.3) is 22.1 Å². The van der Waals surface area contributed by atoms with Crippen molar-refractivity contribution in [1.29, 1.82) is 5.26 Å². The van der Waals surface area contributed by atoms with Crippen LogP contribution in [-0.4, -0.2) is 55.0 Å². The molecule has 1 atom stereocenters. The highest BCUT2D eigenvalue weighted by atomic mass is 16.3. The lowest BCUT2D eigenvalue weighted by Gasteiger charge is -2.17. The van der Waals surface area contributed by atoms with E-state index in [1.165, 1.54) is 32.1 Å². The Bertz CT molecular complexity index is 1040. The number of fused-ring (bicyclic) bond motifs is 3. The SMILES string of the molecule is CC.CC.N#CCC1CCCCC1.O=C(Cc1nc2c(cnc3[nH]ccc32)[nH]1)N1CCC(O)C1. The molecule has 1 saturated heterocycles. The normalized spacial score (nSPS) is 17.6. The van der Waals surface area contributed by atoms with Gasteiger partial charge in [-0.2, -0.15) is 5.26 Å². The number of nitriles is 1. The van der Waals surface area contributed by atoms with Crippen molar-refractivity contribution in [3.05, 3.63) is 24.3 Å². The molecule has 0 bridgehead atoms. The third-order valence-corrected chi connectivity index (χ3v) is 6.02. The van der Waals surface area contributed by atoms with Crippen LogP contribution in [0.4, 0.5) is 0 Å². The van der Waals surface area contributed by atoms with Gasteiger partial charge >= 0.3 is 0 Å². The van der Waals surface area contributed by atoms with Crippen LogP contribution >= 0.6 is 0 Å². The summed E-state index contributed by atoms with van der Waals surface area (Å²) in [6, 6.07) is 4.16. The highest BCUT2D eigenvalue weighted by molar-refractivity contribution is 6.00. The molecule has 0 aromatic carbocycles. The van der Waals surface area contributed by atoms with Crippen LogP contribution in [-0.2, 0) is 11.2 Å². The van der Waals surface area contributed by atoms with Gasteiger partial charge in [0.15, 0.2) is 0 Å². The number of rotatable bonds is 3. The second-order valence-electron chi connectivity index (χ2n) is 8.27. The average Bonchev–Trinajstić information content (AvgIpc) is 3.62. The molecular formula is C26H40N6O2. The Morgan fingerprint density at radius 2 is 1.94 bits per heavy atom. The molecule has 5 rings (SSSR count). The average molecular weight is 469 g/mol. The van der Waals surface area contributed by atoms with Gasteiger partial charge in [-0.15, -0.1) is 0 Å². The fourth-order valence-corrected chi connectivity index (χ4v) is 4.35. The number of imidazole rings is 1. The predicted octanol–water partition coefficient (Wildman–Crippen LogP) is 5.11. The molecule has 1 aliphatic heterocycles. The molecule has 8 nitrogen and oxygen atoms in total. The van der Waals surface area contributed by atoms with Gasteiger partial charge < -0.3 is 20.0 Å². The standard InChI is InChI=1S/C14H15N5O2.C8H13N.2C2H6/c20-8-2-4-19(7-8)12(21)5-11-17-10-6-16-14-9(1-3-15-14)13(10)18-11;9-7-6-8-4-2-1-3-5-8;2*1-2/h1,3,6,8,20H,2,4-5,7H2,(H,15,16)(H,17,18);8H,1-6H2;2*1-2H3. The summed E-state index contributed by atoms with van der Waals surface area (Å²) in [5.41, 5.74) is 2.44. The number of likely N-dealkylation sites (tertiary alicyclic amines) is 1. The van der Waals surface area contributed by atoms with E-state index in [0.29, 0.717) is 25.3 Å². The Morgan fingerprint density at radius 3 is 2.59 bits per heavy atom. The Labute approximate surface area is 202 Å². The Kier molecular flexibility index (Phi) is 11.5. The number of hydrogen-bond acceptors (Lipinski definition) is 5. The molecule has 2 fully saturated rings. The Balaban J connectivity index is 0.000000265. The second-order valence-corrected chi connectivity index (χ2v) is 8.27. The lowest BCUT2D eigenvalue weighted by atomic mass is 9.87. The molecule has 4 heterocycles. The molecular weight excluding hydrogens is 428 g/mol. The summed E-state index contributed by atoms with van der Waals surface area (Å²) in [5, 5.41) is 18.8. The maximum atomic E-state index is 12.2. The number of aromatic nitrogens is 4. The minimum atomic E-state index is -0.395. The molecule has 1 aliphatic carbocycles. The molecule has 34 heavy (non-hydrogen) atoms. The van der Waals surface area contributed by atoms with Gasteiger partial charge in [0.25, 0.3) is 0 Å². The van der Waals surface area contributed by atoms with E-state index in [2.05, 4.69) is 26.0 Å². The van der Waals surface area contributed by atoms with E-state index in [1.807, 2.05) is 40.0 Å². The lowest BCUT2D eigenvalue weighted by molar-refractivity contribution is -0.129. The van der Waals surface area contributed by atoms with E-state index < -0.39 is 6.10 Å². The first kappa shape index (κ1) is 27.3. The minimum absolute atomic E-state index is 0.0103. The summed E-state index contributed by atoms with van der Waals surface area (Å²) < 4.78 is 0. The van der Waals surface area contributed by atoms with Crippen molar-refractivity contribution in [3.63, 3.8) is 0 Å². The number of pyridine rings is 1. The summed E-state index contributed by atoms with van der Waals surface area (Å²) >= 11 is 0. The fourth-order valence-electron chi connectivity index (χ4n) is 4.35. The third-order valence-electron chi connectivity index (χ3n) is 6.02. The van der Waals surface area contributed by atoms with E-state index in [4.69, 9.17) is 5.26 Å². The van der Waals surface area contributed by atoms with Crippen molar-refractivity contribution in [2.75, 3.05) is 13.1 Å². The summed E-state index contributed by atoms with van der Waals surface area (Å²) in [6.07, 6.45) is 11.5. The van der Waals surface area contributed by atoms with Crippen molar-refractivity contribution >= 4 is 28.0 Å². The summed E-state index contributed by atoms with van der Waals surface area (Å²) in [7, 11) is 0. The van der Waals surface area contributed by atoms with Gasteiger partial charge in [-0.05, 0) is 31.2 Å². The van der Waals surface area contributed by atoms with E-state index in [0.717, 1.165) is 34.4 Å². The quantitative estimate of drug-likeness (QED) is 0.493. The van der Waals surface area contributed by atoms with E-state index >= 15 is 0 Å². The summed E-state index contributed by atoms with van der Waals surface area (Å²) in [4.78, 5) is 28.9. The summed E-state index contributed by atoms with van der Waals surface area (Å²) in [6.45, 7) is 9.03. The van der Waals surface area contributed by atoms with Crippen molar-refractivity contribution in [2.24, 2.45) is 5.92 Å². The first-order valence-electron chi connectivity index (χ1n) is 12.8. The number of β-amino-alcohol motifs (C(OH)–C–C–N with tert-alkyl or cyclic N) is 1. The van der Waals surface area contributed by atoms with Crippen LogP contribution in [0, 0.1) is 17.2 Å². The van der Waals surface area contributed by atoms with Gasteiger partial charge in [0.2, 0.25) is 5.91 Å². The van der Waals surface area contributed by atoms with Gasteiger partial charge in [0, 0.05) is 31.1 Å². The molecule has 1 amide bonds. The van der Waals surface area contributed by atoms with Crippen molar-refractivity contribution < 1.29 is 9.90 Å². The van der Waals surface area contributed by atoms with Crippen LogP contribution in [0.1, 0.15) is 78.5 Å². The molecule has 0 radical (unpaired) electrons. The number of amides is 1. The molecule has 186 valence electrons. The van der Waals surface area contributed by atoms with Crippen LogP contribution in [0.3, 0.4) is 0 Å². The van der Waals surface area contributed by atoms with Gasteiger partial charge in [-0.25, -0.2) is 9.97 Å². The zero-order valence-electron chi connectivity index (χ0n) is 21.1. The maximum absolute atomic E-state index is 12.2. The molecule has 3 aromatic heterocycles. The monoisotopic (exact) mass is 468 g/mol. The number of H-pyrrole nitrogens is 2. The van der Waals surface area contributed by atoms with Gasteiger partial charge in [0.05, 0.1) is 30.3 Å². The number of nitrogens with one attached hydrogen (secondary N) is 2. The van der Waals surface area contributed by atoms with E-state index in [1.54, 1.807) is 11.1 Å². The lowest BCUT2D eigenvalue weighted by Crippen LogP contribution is -2.31. The van der Waals surface area contributed by atoms with Crippen LogP contribution in [0.15, 0.2) is 18.5 Å². The zero-order valence-corrected chi connectivity index (χ0v) is 21.1. The number of carbonyl (C=O) groups excluding carboxylic acids is 1. The number of aliphatic hydroxyl groups excluding tert-OH is 1. The van der Waals surface area contributed by atoms with E-state index in [9.17, 15) is 9.90 Å². The van der Waals surface area contributed by atoms with Gasteiger partial charge in [-0.3, -0.25) is 4.79 Å². The van der Waals surface area contributed by atoms with Crippen LogP contribution in [0.2, 0.25) is 0 Å². The maximum Gasteiger partial charge on any atom is 0.230 e. The fraction of sp³-hybridized carbons (Fsp3) is 0.615. The molecule has 3 aromatic rings. The first-order valence-corrected chi connectivity index (χ1v) is 12.8. The molecule has 0 spiro atoms. The molecule has 1 unspecified atom stereocenters. The van der Waals surface area contributed by atoms with Crippen LogP contribution in [0.5, 0.6) is 0 Å². The zero-order chi connectivity index (χ0) is 24.9. The van der Waals surface area contributed by atoms with E-state index in [-0.39, 0.29) is 12.3 Å². The number of aromatic amines is 2. The van der Waals surface area contributed by atoms with Crippen LogP contribution < -0.4 is 0 Å². The smallest absolute Gasteiger partial charge is 0.230 e. The molecule has 8 heteroatoms. The van der Waals surface area contributed by atoms with Crippen molar-refractivity contribution in [1.82, 2.24) is 24.8 Å². The van der Waals surface area contributed by atoms with Crippen molar-refractivity contribution in [2.45, 2.75) is 85.2 Å². The highest BCUT2D eigenvalue weighted by Crippen LogP contribution is 2.25. The second kappa shape index (κ2) is 14.4. The number of carbonyl (C=O) groups is 1. The van der Waals surface area contributed by atoms with Crippen molar-refractivity contribution in [3.8, 4) is 6.07 Å². The Hall–Kier alpha value is -2.92. The molecule has 3 N–H and O–H groups in total. The Morgan fingerprint density at radius 1 is 1.21 bits per heavy atom. The number of nitrogens with zero attached hydrogens (tertiary/aromatic N) is 4. The molecule has 2 aliphatic rings. The number of aliphatic hydroxyl groups is 1. The van der Waals surface area contributed by atoms with Gasteiger partial charge in [0.1, 0.15) is 17.0 Å². The first-order chi connectivity index (χ1) is 16.6. The topological polar surface area (TPSA) is 122 Å². The largest absolute Gasteiger partial charge is 0.391 e. The third kappa shape index (κ3) is 7.29.